The fourth-order valence-corrected chi connectivity index (χ4v) is 2.41. The first-order chi connectivity index (χ1) is 9.72. The smallest absolute Gasteiger partial charge is 0.268 e. The Morgan fingerprint density at radius 2 is 2.45 bits per heavy atom. The van der Waals surface area contributed by atoms with Crippen molar-refractivity contribution < 1.29 is 4.79 Å². The maximum Gasteiger partial charge on any atom is 0.268 e. The summed E-state index contributed by atoms with van der Waals surface area (Å²) >= 11 is 2.46. The van der Waals surface area contributed by atoms with E-state index in [2.05, 4.69) is 19.7 Å². The van der Waals surface area contributed by atoms with Crippen LogP contribution in [0.4, 0.5) is 5.13 Å². The molecule has 6 nitrogen and oxygen atoms in total. The van der Waals surface area contributed by atoms with E-state index in [1.165, 1.54) is 17.8 Å². The molecular weight excluding hydrogens is 294 g/mol. The number of rotatable bonds is 4. The molecule has 0 saturated carbocycles. The molecule has 8 heteroatoms. The number of anilines is 1. The Labute approximate surface area is 123 Å². The van der Waals surface area contributed by atoms with E-state index in [-0.39, 0.29) is 5.57 Å². The van der Waals surface area contributed by atoms with Gasteiger partial charge >= 0.3 is 0 Å². The number of nitrogens with zero attached hydrogens (tertiary/aromatic N) is 4. The van der Waals surface area contributed by atoms with Crippen molar-refractivity contribution in [1.82, 2.24) is 14.3 Å². The molecule has 0 bridgehead atoms. The minimum Gasteiger partial charge on any atom is -0.296 e. The van der Waals surface area contributed by atoms with Crippen molar-refractivity contribution in [3.8, 4) is 6.07 Å². The van der Waals surface area contributed by atoms with Crippen LogP contribution in [0.1, 0.15) is 5.56 Å². The van der Waals surface area contributed by atoms with Crippen LogP contribution in [0.15, 0.2) is 35.3 Å². The predicted molar refractivity (Wildman–Crippen MR) is 78.1 cm³/mol. The average Bonchev–Trinajstić information content (AvgIpc) is 2.93. The third kappa shape index (κ3) is 3.63. The van der Waals surface area contributed by atoms with Gasteiger partial charge in [0.1, 0.15) is 11.6 Å². The van der Waals surface area contributed by atoms with Crippen LogP contribution < -0.4 is 5.32 Å². The molecule has 0 saturated heterocycles. The second-order valence-corrected chi connectivity index (χ2v) is 5.02. The normalized spacial score (nSPS) is 10.9. The Bertz CT molecular complexity index is 675. The van der Waals surface area contributed by atoms with Crippen LogP contribution >= 0.6 is 23.3 Å². The maximum atomic E-state index is 12.0. The molecule has 0 spiro atoms. The van der Waals surface area contributed by atoms with Gasteiger partial charge in [-0.3, -0.25) is 15.1 Å². The number of nitrogens with one attached hydrogen (secondary N) is 1. The van der Waals surface area contributed by atoms with Gasteiger partial charge in [0.05, 0.1) is 0 Å². The van der Waals surface area contributed by atoms with Crippen molar-refractivity contribution in [3.63, 3.8) is 0 Å². The molecule has 0 aliphatic rings. The van der Waals surface area contributed by atoms with Gasteiger partial charge in [0.25, 0.3) is 5.91 Å². The molecule has 0 fully saturated rings. The summed E-state index contributed by atoms with van der Waals surface area (Å²) < 4.78 is 4.02. The number of hydrogen-bond acceptors (Lipinski definition) is 7. The Morgan fingerprint density at radius 1 is 1.60 bits per heavy atom. The summed E-state index contributed by atoms with van der Waals surface area (Å²) in [6, 6.07) is 5.35. The van der Waals surface area contributed by atoms with E-state index >= 15 is 0 Å². The lowest BCUT2D eigenvalue weighted by molar-refractivity contribution is -0.112. The molecule has 0 radical (unpaired) electrons. The first-order valence-corrected chi connectivity index (χ1v) is 7.43. The predicted octanol–water partition coefficient (Wildman–Crippen LogP) is 2.20. The zero-order valence-corrected chi connectivity index (χ0v) is 12.0. The van der Waals surface area contributed by atoms with Crippen LogP contribution in [0, 0.1) is 11.3 Å². The monoisotopic (exact) mass is 303 g/mol. The number of pyridine rings is 1. The topological polar surface area (TPSA) is 91.6 Å². The number of aromatic nitrogens is 3. The summed E-state index contributed by atoms with van der Waals surface area (Å²) in [6.07, 6.45) is 6.51. The van der Waals surface area contributed by atoms with Gasteiger partial charge in [-0.1, -0.05) is 17.8 Å². The van der Waals surface area contributed by atoms with E-state index in [0.29, 0.717) is 15.9 Å². The van der Waals surface area contributed by atoms with Gasteiger partial charge in [-0.05, 0) is 24.0 Å². The van der Waals surface area contributed by atoms with Gasteiger partial charge in [0.15, 0.2) is 0 Å². The molecule has 0 aromatic carbocycles. The molecule has 0 aliphatic carbocycles. The van der Waals surface area contributed by atoms with Gasteiger partial charge in [-0.15, -0.1) is 0 Å². The van der Waals surface area contributed by atoms with Crippen LogP contribution in [-0.4, -0.2) is 26.5 Å². The van der Waals surface area contributed by atoms with Crippen LogP contribution in [0.25, 0.3) is 6.08 Å². The molecule has 20 heavy (non-hydrogen) atoms. The van der Waals surface area contributed by atoms with E-state index in [1.807, 2.05) is 12.3 Å². The van der Waals surface area contributed by atoms with Crippen molar-refractivity contribution in [2.24, 2.45) is 0 Å². The first kappa shape index (κ1) is 14.2. The van der Waals surface area contributed by atoms with Gasteiger partial charge in [-0.25, -0.2) is 0 Å². The van der Waals surface area contributed by atoms with Gasteiger partial charge in [-0.2, -0.15) is 14.6 Å². The molecule has 0 aliphatic heterocycles. The van der Waals surface area contributed by atoms with E-state index < -0.39 is 5.91 Å². The minimum absolute atomic E-state index is 0.0149. The van der Waals surface area contributed by atoms with Crippen molar-refractivity contribution in [1.29, 1.82) is 5.26 Å². The maximum absolute atomic E-state index is 12.0. The molecule has 2 aromatic heterocycles. The Kier molecular flexibility index (Phi) is 4.81. The highest BCUT2D eigenvalue weighted by atomic mass is 32.2. The van der Waals surface area contributed by atoms with Crippen molar-refractivity contribution in [2.75, 3.05) is 11.6 Å². The molecular formula is C12H9N5OS2. The third-order valence-corrected chi connectivity index (χ3v) is 3.46. The number of thioether (sulfide) groups is 1. The Morgan fingerprint density at radius 3 is 3.05 bits per heavy atom. The summed E-state index contributed by atoms with van der Waals surface area (Å²) in [5.41, 5.74) is 0.667. The van der Waals surface area contributed by atoms with Gasteiger partial charge < -0.3 is 0 Å². The summed E-state index contributed by atoms with van der Waals surface area (Å²) in [5.74, 6) is -0.514. The zero-order chi connectivity index (χ0) is 14.4. The van der Waals surface area contributed by atoms with Crippen molar-refractivity contribution >= 4 is 40.4 Å². The quantitative estimate of drug-likeness (QED) is 0.529. The van der Waals surface area contributed by atoms with Crippen molar-refractivity contribution in [2.45, 2.75) is 5.16 Å². The molecule has 0 atom stereocenters. The van der Waals surface area contributed by atoms with E-state index in [4.69, 9.17) is 5.26 Å². The third-order valence-electron chi connectivity index (χ3n) is 2.17. The Hall–Kier alpha value is -2.24. The Balaban J connectivity index is 2.14. The number of carbonyl (C=O) groups is 1. The summed E-state index contributed by atoms with van der Waals surface area (Å²) in [4.78, 5) is 20.0. The molecule has 2 heterocycles. The van der Waals surface area contributed by atoms with E-state index in [1.54, 1.807) is 24.5 Å². The lowest BCUT2D eigenvalue weighted by Gasteiger charge is -1.99. The summed E-state index contributed by atoms with van der Waals surface area (Å²) in [7, 11) is 0. The highest BCUT2D eigenvalue weighted by Crippen LogP contribution is 2.18. The highest BCUT2D eigenvalue weighted by Gasteiger charge is 2.12. The summed E-state index contributed by atoms with van der Waals surface area (Å²) in [6.45, 7) is 0. The standard InChI is InChI=1S/C12H9N5OS2/c1-19-12-16-11(20-17-12)15-10(18)9(6-13)5-8-3-2-4-14-7-8/h2-5,7H,1H3,(H,15,16,17,18)/b9-5-. The average molecular weight is 303 g/mol. The van der Waals surface area contributed by atoms with Gasteiger partial charge in [0, 0.05) is 23.9 Å². The van der Waals surface area contributed by atoms with Crippen LogP contribution in [0.5, 0.6) is 0 Å². The number of carbonyl (C=O) groups excluding carboxylic acids is 1. The number of nitriles is 1. The molecule has 1 N–H and O–H groups in total. The molecule has 2 rings (SSSR count). The van der Waals surface area contributed by atoms with Crippen molar-refractivity contribution in [3.05, 3.63) is 35.7 Å². The number of hydrogen-bond donors (Lipinski definition) is 1. The second-order valence-electron chi connectivity index (χ2n) is 3.50. The largest absolute Gasteiger partial charge is 0.296 e. The van der Waals surface area contributed by atoms with Crippen LogP contribution in [0.3, 0.4) is 0 Å². The fraction of sp³-hybridized carbons (Fsp3) is 0.0833. The molecule has 1 amide bonds. The van der Waals surface area contributed by atoms with E-state index in [9.17, 15) is 4.79 Å². The molecule has 2 aromatic rings. The van der Waals surface area contributed by atoms with Crippen LogP contribution in [0.2, 0.25) is 0 Å². The van der Waals surface area contributed by atoms with E-state index in [0.717, 1.165) is 11.5 Å². The zero-order valence-electron chi connectivity index (χ0n) is 10.4. The summed E-state index contributed by atoms with van der Waals surface area (Å²) in [5, 5.41) is 12.6. The highest BCUT2D eigenvalue weighted by molar-refractivity contribution is 7.98. The lowest BCUT2D eigenvalue weighted by Crippen LogP contribution is -2.13. The molecule has 100 valence electrons. The van der Waals surface area contributed by atoms with Gasteiger partial charge in [0.2, 0.25) is 10.3 Å². The first-order valence-electron chi connectivity index (χ1n) is 5.44. The second kappa shape index (κ2) is 6.79. The lowest BCUT2D eigenvalue weighted by atomic mass is 10.2. The minimum atomic E-state index is -0.514. The SMILES string of the molecule is CSc1nsc(NC(=O)/C(C#N)=C\c2cccnc2)n1. The molecule has 0 unspecified atom stereocenters. The fourth-order valence-electron chi connectivity index (χ4n) is 1.28. The van der Waals surface area contributed by atoms with Crippen LogP contribution in [-0.2, 0) is 4.79 Å². The number of amides is 1.